The lowest BCUT2D eigenvalue weighted by Crippen LogP contribution is -2.64. The fraction of sp³-hybridized carbons (Fsp3) is 0.476. The molecule has 2 aromatic rings. The monoisotopic (exact) mass is 462 g/mol. The summed E-state index contributed by atoms with van der Waals surface area (Å²) in [4.78, 5) is 43.1. The van der Waals surface area contributed by atoms with E-state index in [4.69, 9.17) is 14.6 Å². The second-order valence-electron chi connectivity index (χ2n) is 8.07. The first-order valence-electron chi connectivity index (χ1n) is 10.1. The minimum absolute atomic E-state index is 0.0646. The van der Waals surface area contributed by atoms with Crippen molar-refractivity contribution in [1.29, 1.82) is 0 Å². The highest BCUT2D eigenvalue weighted by Gasteiger charge is 2.50. The highest BCUT2D eigenvalue weighted by atomic mass is 32.1. The first-order valence-corrected chi connectivity index (χ1v) is 11.1. The molecule has 2 aliphatic rings. The summed E-state index contributed by atoms with van der Waals surface area (Å²) in [6, 6.07) is 2.85. The number of carbonyl (C=O) groups excluding carboxylic acids is 2. The number of piperidine rings is 1. The summed E-state index contributed by atoms with van der Waals surface area (Å²) in [5.41, 5.74) is 0.966. The van der Waals surface area contributed by atoms with E-state index in [9.17, 15) is 14.7 Å². The summed E-state index contributed by atoms with van der Waals surface area (Å²) < 4.78 is 6.17. The predicted octanol–water partition coefficient (Wildman–Crippen LogP) is 1.18. The molecule has 2 saturated heterocycles. The van der Waals surface area contributed by atoms with Crippen LogP contribution in [0.3, 0.4) is 0 Å². The maximum atomic E-state index is 12.5. The van der Waals surface area contributed by atoms with Gasteiger partial charge in [-0.15, -0.1) is 11.3 Å². The second-order valence-corrected chi connectivity index (χ2v) is 8.79. The Morgan fingerprint density at radius 3 is 2.66 bits per heavy atom. The number of hydrogen-bond acceptors (Lipinski definition) is 8. The molecule has 32 heavy (non-hydrogen) atoms. The van der Waals surface area contributed by atoms with Gasteiger partial charge in [-0.05, 0) is 31.9 Å². The van der Waals surface area contributed by atoms with Crippen molar-refractivity contribution >= 4 is 29.6 Å². The maximum Gasteiger partial charge on any atom is 0.290 e. The van der Waals surface area contributed by atoms with Gasteiger partial charge in [0.15, 0.2) is 0 Å². The van der Waals surface area contributed by atoms with Crippen LogP contribution in [-0.4, -0.2) is 80.3 Å². The van der Waals surface area contributed by atoms with Gasteiger partial charge in [0.2, 0.25) is 0 Å². The molecule has 0 bridgehead atoms. The van der Waals surface area contributed by atoms with Crippen LogP contribution in [0.5, 0.6) is 0 Å². The van der Waals surface area contributed by atoms with Gasteiger partial charge in [0.05, 0.1) is 34.9 Å². The standard InChI is InChI=1S/C20H24N4O4S.CH2O2/c1-19(27)12-20(4-7-24(8-5-20)18(26)15-11-29-13-22-15)28-10-16(19)23-17(25)14-3-2-6-21-9-14;2-1-3/h2-3,6,9,11,13,16,27H,4-5,7-8,10,12H2,1H3,(H,23,25);1H,(H,2,3)/t16-,19-;/m0./s1. The quantitative estimate of drug-likeness (QED) is 0.578. The summed E-state index contributed by atoms with van der Waals surface area (Å²) in [7, 11) is 0. The van der Waals surface area contributed by atoms with Crippen molar-refractivity contribution in [3.05, 3.63) is 46.7 Å². The summed E-state index contributed by atoms with van der Waals surface area (Å²) in [5, 5.41) is 22.6. The first kappa shape index (κ1) is 23.8. The number of carboxylic acid groups (broad SMARTS) is 1. The minimum Gasteiger partial charge on any atom is -0.483 e. The Bertz CT molecular complexity index is 914. The Balaban J connectivity index is 0.000000913. The number of likely N-dealkylation sites (tertiary alicyclic amines) is 1. The van der Waals surface area contributed by atoms with Crippen LogP contribution in [0.4, 0.5) is 0 Å². The molecule has 2 fully saturated rings. The minimum atomic E-state index is -1.11. The van der Waals surface area contributed by atoms with Crippen molar-refractivity contribution in [2.45, 2.75) is 43.4 Å². The summed E-state index contributed by atoms with van der Waals surface area (Å²) >= 11 is 1.40. The fourth-order valence-corrected chi connectivity index (χ4v) is 4.65. The average Bonchev–Trinajstić information content (AvgIpc) is 3.32. The van der Waals surface area contributed by atoms with Crippen molar-refractivity contribution in [2.75, 3.05) is 19.7 Å². The lowest BCUT2D eigenvalue weighted by Gasteiger charge is -2.51. The zero-order chi connectivity index (χ0) is 23.2. The lowest BCUT2D eigenvalue weighted by atomic mass is 9.75. The zero-order valence-corrected chi connectivity index (χ0v) is 18.5. The molecule has 11 heteroatoms. The average molecular weight is 463 g/mol. The van der Waals surface area contributed by atoms with Crippen LogP contribution >= 0.6 is 11.3 Å². The molecule has 10 nitrogen and oxygen atoms in total. The van der Waals surface area contributed by atoms with Crippen molar-refractivity contribution in [3.8, 4) is 0 Å². The van der Waals surface area contributed by atoms with Gasteiger partial charge in [0, 0.05) is 37.3 Å². The number of nitrogens with zero attached hydrogens (tertiary/aromatic N) is 3. The summed E-state index contributed by atoms with van der Waals surface area (Å²) in [5.74, 6) is -0.350. The number of thiazole rings is 1. The van der Waals surface area contributed by atoms with Gasteiger partial charge < -0.3 is 25.2 Å². The molecule has 0 unspecified atom stereocenters. The van der Waals surface area contributed by atoms with Gasteiger partial charge in [0.1, 0.15) is 5.69 Å². The van der Waals surface area contributed by atoms with E-state index in [0.717, 1.165) is 0 Å². The largest absolute Gasteiger partial charge is 0.483 e. The molecule has 2 aromatic heterocycles. The van der Waals surface area contributed by atoms with Crippen LogP contribution in [0.2, 0.25) is 0 Å². The summed E-state index contributed by atoms with van der Waals surface area (Å²) in [6.07, 6.45) is 4.78. The predicted molar refractivity (Wildman–Crippen MR) is 115 cm³/mol. The number of ether oxygens (including phenoxy) is 1. The molecule has 172 valence electrons. The van der Waals surface area contributed by atoms with Gasteiger partial charge >= 0.3 is 0 Å². The SMILES string of the molecule is C[C@]1(O)CC2(CCN(C(=O)c3cscn3)CC2)OC[C@@H]1NC(=O)c1cccnc1.O=CO. The number of rotatable bonds is 3. The van der Waals surface area contributed by atoms with E-state index in [1.807, 2.05) is 0 Å². The number of nitrogens with one attached hydrogen (secondary N) is 1. The number of aliphatic hydroxyl groups is 1. The van der Waals surface area contributed by atoms with E-state index >= 15 is 0 Å². The molecule has 4 rings (SSSR count). The van der Waals surface area contributed by atoms with Crippen LogP contribution in [0, 0.1) is 0 Å². The topological polar surface area (TPSA) is 142 Å². The van der Waals surface area contributed by atoms with E-state index in [1.165, 1.54) is 17.5 Å². The number of hydrogen-bond donors (Lipinski definition) is 3. The normalized spacial score (nSPS) is 24.2. The highest BCUT2D eigenvalue weighted by molar-refractivity contribution is 7.07. The number of pyridine rings is 1. The van der Waals surface area contributed by atoms with E-state index in [0.29, 0.717) is 43.6 Å². The molecule has 0 aliphatic carbocycles. The van der Waals surface area contributed by atoms with E-state index in [1.54, 1.807) is 41.0 Å². The first-order chi connectivity index (χ1) is 15.3. The van der Waals surface area contributed by atoms with Crippen molar-refractivity contribution in [2.24, 2.45) is 0 Å². The Morgan fingerprint density at radius 2 is 2.09 bits per heavy atom. The third-order valence-electron chi connectivity index (χ3n) is 5.83. The Kier molecular flexibility index (Phi) is 7.54. The second kappa shape index (κ2) is 10.2. The van der Waals surface area contributed by atoms with Crippen LogP contribution in [0.1, 0.15) is 47.0 Å². The molecule has 2 aliphatic heterocycles. The molecule has 0 radical (unpaired) electrons. The number of carbonyl (C=O) groups is 3. The molecule has 0 saturated carbocycles. The molecular weight excluding hydrogens is 436 g/mol. The molecule has 0 aromatic carbocycles. The molecular formula is C21H26N4O6S. The Labute approximate surface area is 189 Å². The molecule has 3 N–H and O–H groups in total. The third kappa shape index (κ3) is 5.47. The van der Waals surface area contributed by atoms with Crippen molar-refractivity contribution in [1.82, 2.24) is 20.2 Å². The van der Waals surface area contributed by atoms with E-state index < -0.39 is 17.2 Å². The van der Waals surface area contributed by atoms with Gasteiger partial charge in [-0.3, -0.25) is 19.4 Å². The smallest absolute Gasteiger partial charge is 0.290 e. The lowest BCUT2D eigenvalue weighted by molar-refractivity contribution is -0.183. The Hall–Kier alpha value is -2.89. The van der Waals surface area contributed by atoms with E-state index in [2.05, 4.69) is 15.3 Å². The van der Waals surface area contributed by atoms with Crippen LogP contribution in [0.25, 0.3) is 0 Å². The van der Waals surface area contributed by atoms with Crippen LogP contribution in [-0.2, 0) is 9.53 Å². The third-order valence-corrected chi connectivity index (χ3v) is 6.42. The van der Waals surface area contributed by atoms with Crippen LogP contribution in [0.15, 0.2) is 35.4 Å². The summed E-state index contributed by atoms with van der Waals surface area (Å²) in [6.45, 7) is 2.82. The Morgan fingerprint density at radius 1 is 1.38 bits per heavy atom. The number of aromatic nitrogens is 2. The molecule has 2 atom stereocenters. The van der Waals surface area contributed by atoms with Gasteiger partial charge in [-0.1, -0.05) is 0 Å². The highest BCUT2D eigenvalue weighted by Crippen LogP contribution is 2.39. The van der Waals surface area contributed by atoms with Crippen molar-refractivity contribution < 1.29 is 29.3 Å². The van der Waals surface area contributed by atoms with Crippen molar-refractivity contribution in [3.63, 3.8) is 0 Å². The van der Waals surface area contributed by atoms with Gasteiger partial charge in [-0.25, -0.2) is 4.98 Å². The maximum absolute atomic E-state index is 12.5. The van der Waals surface area contributed by atoms with Gasteiger partial charge in [-0.2, -0.15) is 0 Å². The molecule has 1 spiro atoms. The molecule has 4 heterocycles. The van der Waals surface area contributed by atoms with E-state index in [-0.39, 0.29) is 24.9 Å². The zero-order valence-electron chi connectivity index (χ0n) is 17.6. The fourth-order valence-electron chi connectivity index (χ4n) is 4.12. The van der Waals surface area contributed by atoms with Gasteiger partial charge in [0.25, 0.3) is 18.3 Å². The van der Waals surface area contributed by atoms with Crippen LogP contribution < -0.4 is 5.32 Å². The molecule has 2 amide bonds. The number of amides is 2.